The van der Waals surface area contributed by atoms with Gasteiger partial charge < -0.3 is 25.6 Å². The van der Waals surface area contributed by atoms with E-state index in [4.69, 9.17) is 14.9 Å². The highest BCUT2D eigenvalue weighted by Gasteiger charge is 2.19. The topological polar surface area (TPSA) is 142 Å². The summed E-state index contributed by atoms with van der Waals surface area (Å²) >= 11 is 0. The second kappa shape index (κ2) is 43.4. The molecule has 0 aromatic rings. The van der Waals surface area contributed by atoms with Crippen molar-refractivity contribution in [2.24, 2.45) is 0 Å². The van der Waals surface area contributed by atoms with E-state index in [-0.39, 0.29) is 24.5 Å². The largest absolute Gasteiger partial charge is 0.480 e. The lowest BCUT2D eigenvalue weighted by Crippen LogP contribution is -2.47. The molecule has 0 rings (SSSR count). The zero-order valence-corrected chi connectivity index (χ0v) is 37.4. The van der Waals surface area contributed by atoms with Crippen LogP contribution < -0.4 is 10.6 Å². The van der Waals surface area contributed by atoms with Crippen molar-refractivity contribution >= 4 is 23.8 Å². The Hall–Kier alpha value is -2.16. The number of carbonyl (C=O) groups is 4. The number of nitrogens with one attached hydrogen (secondary N) is 2. The molecule has 0 saturated carbocycles. The van der Waals surface area contributed by atoms with Gasteiger partial charge in [0.15, 0.2) is 0 Å². The van der Waals surface area contributed by atoms with Crippen molar-refractivity contribution in [3.8, 4) is 0 Å². The van der Waals surface area contributed by atoms with E-state index in [1.165, 1.54) is 167 Å². The molecule has 336 valence electrons. The summed E-state index contributed by atoms with van der Waals surface area (Å²) in [6.07, 6.45) is 45.6. The van der Waals surface area contributed by atoms with Crippen molar-refractivity contribution in [3.63, 3.8) is 0 Å². The van der Waals surface area contributed by atoms with Crippen LogP contribution in [0.1, 0.15) is 258 Å². The van der Waals surface area contributed by atoms with Gasteiger partial charge in [0, 0.05) is 12.8 Å². The van der Waals surface area contributed by atoms with Gasteiger partial charge in [0.2, 0.25) is 11.8 Å². The molecule has 0 saturated heterocycles. The normalized spacial score (nSPS) is 12.3. The lowest BCUT2D eigenvalue weighted by atomic mass is 10.0. The molecule has 0 radical (unpaired) electrons. The molecule has 0 aliphatic heterocycles. The third-order valence-corrected chi connectivity index (χ3v) is 11.4. The van der Waals surface area contributed by atoms with Crippen LogP contribution in [0.2, 0.25) is 0 Å². The van der Waals surface area contributed by atoms with Gasteiger partial charge in [-0.3, -0.25) is 14.4 Å². The van der Waals surface area contributed by atoms with Crippen LogP contribution in [0.3, 0.4) is 0 Å². The summed E-state index contributed by atoms with van der Waals surface area (Å²) in [6, 6.07) is -1.38. The van der Waals surface area contributed by atoms with E-state index < -0.39 is 24.5 Å². The van der Waals surface area contributed by atoms with E-state index in [9.17, 15) is 19.2 Å². The Labute approximate surface area is 350 Å². The van der Waals surface area contributed by atoms with Crippen LogP contribution in [0.15, 0.2) is 0 Å². The second-order valence-corrected chi connectivity index (χ2v) is 16.9. The van der Waals surface area contributed by atoms with Crippen LogP contribution in [-0.4, -0.2) is 59.3 Å². The number of ether oxygens (including phenoxy) is 1. The van der Waals surface area contributed by atoms with Gasteiger partial charge in [-0.1, -0.05) is 206 Å². The average Bonchev–Trinajstić information content (AvgIpc) is 3.20. The molecular formula is C48H92N2O7. The number of carbonyl (C=O) groups excluding carboxylic acids is 3. The molecule has 2 unspecified atom stereocenters. The van der Waals surface area contributed by atoms with Crippen LogP contribution in [0, 0.1) is 0 Å². The smallest absolute Gasteiger partial charge is 0.328 e. The molecule has 9 nitrogen and oxygen atoms in total. The van der Waals surface area contributed by atoms with Crippen LogP contribution >= 0.6 is 0 Å². The van der Waals surface area contributed by atoms with Gasteiger partial charge in [-0.2, -0.15) is 0 Å². The highest BCUT2D eigenvalue weighted by Crippen LogP contribution is 2.19. The maximum absolute atomic E-state index is 12.8. The van der Waals surface area contributed by atoms with E-state index >= 15 is 0 Å². The number of aliphatic hydroxyl groups excluding tert-OH is 1. The van der Waals surface area contributed by atoms with Gasteiger partial charge in [0.05, 0.1) is 13.2 Å². The molecule has 0 aliphatic rings. The van der Waals surface area contributed by atoms with E-state index in [0.717, 1.165) is 57.8 Å². The molecular weight excluding hydrogens is 717 g/mol. The van der Waals surface area contributed by atoms with Crippen LogP contribution in [-0.2, 0) is 23.9 Å². The minimum Gasteiger partial charge on any atom is -0.480 e. The molecule has 0 heterocycles. The van der Waals surface area contributed by atoms with Gasteiger partial charge >= 0.3 is 11.9 Å². The first-order valence-electron chi connectivity index (χ1n) is 24.4. The molecule has 0 bridgehead atoms. The van der Waals surface area contributed by atoms with Crippen molar-refractivity contribution in [2.75, 3.05) is 13.2 Å². The van der Waals surface area contributed by atoms with E-state index in [1.807, 2.05) is 0 Å². The number of hydrogen-bond acceptors (Lipinski definition) is 6. The van der Waals surface area contributed by atoms with Crippen LogP contribution in [0.4, 0.5) is 0 Å². The molecule has 57 heavy (non-hydrogen) atoms. The highest BCUT2D eigenvalue weighted by molar-refractivity contribution is 5.87. The number of amides is 2. The minimum absolute atomic E-state index is 0.00454. The van der Waals surface area contributed by atoms with Crippen molar-refractivity contribution in [1.29, 1.82) is 0 Å². The number of aliphatic hydroxyl groups is 1. The van der Waals surface area contributed by atoms with E-state index in [0.29, 0.717) is 19.3 Å². The zero-order chi connectivity index (χ0) is 41.9. The molecule has 0 spiro atoms. The quantitative estimate of drug-likeness (QED) is 0.0354. The monoisotopic (exact) mass is 809 g/mol. The molecule has 2 atom stereocenters. The number of carboxylic acids is 1. The molecule has 0 aromatic heterocycles. The summed E-state index contributed by atoms with van der Waals surface area (Å²) in [4.78, 5) is 47.7. The van der Waals surface area contributed by atoms with E-state index in [2.05, 4.69) is 24.5 Å². The summed E-state index contributed by atoms with van der Waals surface area (Å²) in [5.41, 5.74) is 0. The number of unbranched alkanes of at least 4 members (excludes halogenated alkanes) is 31. The van der Waals surface area contributed by atoms with Gasteiger partial charge in [-0.25, -0.2) is 4.79 Å². The van der Waals surface area contributed by atoms with Gasteiger partial charge in [0.25, 0.3) is 0 Å². The Morgan fingerprint density at radius 2 is 0.789 bits per heavy atom. The lowest BCUT2D eigenvalue weighted by molar-refractivity contribution is -0.150. The summed E-state index contributed by atoms with van der Waals surface area (Å²) in [5, 5.41) is 22.6. The third kappa shape index (κ3) is 40.4. The highest BCUT2D eigenvalue weighted by atomic mass is 16.5. The fourth-order valence-corrected chi connectivity index (χ4v) is 7.60. The maximum Gasteiger partial charge on any atom is 0.328 e. The molecule has 0 aliphatic carbocycles. The van der Waals surface area contributed by atoms with Crippen molar-refractivity contribution in [1.82, 2.24) is 10.6 Å². The second-order valence-electron chi connectivity index (χ2n) is 16.9. The maximum atomic E-state index is 12.8. The van der Waals surface area contributed by atoms with Gasteiger partial charge in [0.1, 0.15) is 12.1 Å². The Bertz CT molecular complexity index is 930. The third-order valence-electron chi connectivity index (χ3n) is 11.4. The summed E-state index contributed by atoms with van der Waals surface area (Å²) in [7, 11) is 0. The summed E-state index contributed by atoms with van der Waals surface area (Å²) in [6.45, 7) is 3.52. The minimum atomic E-state index is -1.38. The number of hydrogen-bond donors (Lipinski definition) is 4. The van der Waals surface area contributed by atoms with Crippen LogP contribution in [0.5, 0.6) is 0 Å². The molecule has 2 amide bonds. The SMILES string of the molecule is CCCCCCCCCCCCCCCCCCCCC(=O)OC(CCCCCCCCCCCCC)CCCCCCCC(=O)NCC(=O)NC(CO)C(=O)O. The van der Waals surface area contributed by atoms with Crippen molar-refractivity contribution in [3.05, 3.63) is 0 Å². The molecule has 0 fully saturated rings. The predicted octanol–water partition coefficient (Wildman–Crippen LogP) is 12.4. The van der Waals surface area contributed by atoms with Crippen molar-refractivity contribution in [2.45, 2.75) is 270 Å². The first-order valence-corrected chi connectivity index (χ1v) is 24.4. The number of rotatable bonds is 45. The fraction of sp³-hybridized carbons (Fsp3) is 0.917. The predicted molar refractivity (Wildman–Crippen MR) is 236 cm³/mol. The van der Waals surface area contributed by atoms with E-state index in [1.54, 1.807) is 0 Å². The fourth-order valence-electron chi connectivity index (χ4n) is 7.60. The average molecular weight is 809 g/mol. The Morgan fingerprint density at radius 3 is 1.14 bits per heavy atom. The summed E-state index contributed by atoms with van der Waals surface area (Å²) < 4.78 is 6.05. The molecule has 4 N–H and O–H groups in total. The lowest BCUT2D eigenvalue weighted by Gasteiger charge is -2.18. The zero-order valence-electron chi connectivity index (χ0n) is 37.4. The van der Waals surface area contributed by atoms with Crippen LogP contribution in [0.25, 0.3) is 0 Å². The molecule has 9 heteroatoms. The Kier molecular flexibility index (Phi) is 41.8. The number of carboxylic acid groups (broad SMARTS) is 1. The van der Waals surface area contributed by atoms with Gasteiger partial charge in [-0.05, 0) is 38.5 Å². The first-order chi connectivity index (χ1) is 27.8. The Morgan fingerprint density at radius 1 is 0.456 bits per heavy atom. The summed E-state index contributed by atoms with van der Waals surface area (Å²) in [5.74, 6) is -2.26. The standard InChI is InChI=1S/C48H92N2O7/c1-3-5-7-9-11-13-15-16-17-18-19-20-21-23-25-27-32-36-40-47(54)57-43(37-33-29-26-24-22-14-12-10-8-6-4-2)38-34-30-28-31-35-39-45(52)49-41-46(53)50-44(42-51)48(55)56/h43-44,51H,3-42H2,1-2H3,(H,49,52)(H,50,53)(H,55,56). The van der Waals surface area contributed by atoms with Crippen molar-refractivity contribution < 1.29 is 34.1 Å². The Balaban J connectivity index is 4.19. The molecule has 0 aromatic carbocycles. The first kappa shape index (κ1) is 54.8. The number of aliphatic carboxylic acids is 1. The van der Waals surface area contributed by atoms with Gasteiger partial charge in [-0.15, -0.1) is 0 Å². The number of esters is 1.